The Hall–Kier alpha value is -2.62. The first-order chi connectivity index (χ1) is 14.0. The summed E-state index contributed by atoms with van der Waals surface area (Å²) in [6.45, 7) is 3.18. The lowest BCUT2D eigenvalue weighted by Crippen LogP contribution is -2.30. The van der Waals surface area contributed by atoms with E-state index in [0.29, 0.717) is 24.6 Å². The first kappa shape index (κ1) is 21.1. The van der Waals surface area contributed by atoms with Crippen molar-refractivity contribution in [3.05, 3.63) is 70.8 Å². The number of hydrogen-bond acceptors (Lipinski definition) is 2. The van der Waals surface area contributed by atoms with E-state index in [0.717, 1.165) is 11.1 Å². The molecule has 1 fully saturated rings. The maximum absolute atomic E-state index is 13.0. The van der Waals surface area contributed by atoms with Crippen LogP contribution in [0.5, 0.6) is 0 Å². The highest BCUT2D eigenvalue weighted by Gasteiger charge is 2.18. The quantitative estimate of drug-likeness (QED) is 0.686. The van der Waals surface area contributed by atoms with Crippen LogP contribution in [0.15, 0.2) is 48.5 Å². The van der Waals surface area contributed by atoms with Crippen LogP contribution in [0, 0.1) is 0 Å². The molecule has 0 N–H and O–H groups in total. The fourth-order valence-electron chi connectivity index (χ4n) is 4.07. The van der Waals surface area contributed by atoms with E-state index >= 15 is 0 Å². The van der Waals surface area contributed by atoms with E-state index in [1.54, 1.807) is 19.0 Å². The van der Waals surface area contributed by atoms with E-state index < -0.39 is 0 Å². The molecule has 1 saturated carbocycles. The second-order valence-electron chi connectivity index (χ2n) is 8.17. The summed E-state index contributed by atoms with van der Waals surface area (Å²) >= 11 is 0. The average Bonchev–Trinajstić information content (AvgIpc) is 2.77. The van der Waals surface area contributed by atoms with Crippen molar-refractivity contribution < 1.29 is 9.59 Å². The molecule has 0 aliphatic heterocycles. The Balaban J connectivity index is 1.66. The molecule has 29 heavy (non-hydrogen) atoms. The van der Waals surface area contributed by atoms with E-state index in [9.17, 15) is 9.59 Å². The zero-order chi connectivity index (χ0) is 20.8. The van der Waals surface area contributed by atoms with Crippen LogP contribution in [0.1, 0.15) is 76.8 Å². The second kappa shape index (κ2) is 9.73. The maximum atomic E-state index is 13.0. The highest BCUT2D eigenvalue weighted by atomic mass is 16.2. The summed E-state index contributed by atoms with van der Waals surface area (Å²) in [4.78, 5) is 28.4. The molecule has 3 rings (SSSR count). The van der Waals surface area contributed by atoms with Gasteiger partial charge in [-0.3, -0.25) is 9.59 Å². The minimum absolute atomic E-state index is 0.0157. The zero-order valence-electron chi connectivity index (χ0n) is 17.9. The van der Waals surface area contributed by atoms with Gasteiger partial charge in [-0.25, -0.2) is 0 Å². The molecule has 0 radical (unpaired) electrons. The second-order valence-corrected chi connectivity index (χ2v) is 8.17. The summed E-state index contributed by atoms with van der Waals surface area (Å²) in [5.41, 5.74) is 3.79. The minimum atomic E-state index is -0.0157. The molecule has 0 heterocycles. The Morgan fingerprint density at radius 2 is 1.38 bits per heavy atom. The largest absolute Gasteiger partial charge is 0.345 e. The van der Waals surface area contributed by atoms with Gasteiger partial charge in [0.2, 0.25) is 0 Å². The Kier molecular flexibility index (Phi) is 7.08. The van der Waals surface area contributed by atoms with E-state index in [4.69, 9.17) is 0 Å². The van der Waals surface area contributed by atoms with E-state index in [-0.39, 0.29) is 11.8 Å². The van der Waals surface area contributed by atoms with Gasteiger partial charge < -0.3 is 9.80 Å². The smallest absolute Gasteiger partial charge is 0.254 e. The predicted octanol–water partition coefficient (Wildman–Crippen LogP) is 5.10. The van der Waals surface area contributed by atoms with Crippen molar-refractivity contribution in [3.8, 4) is 0 Å². The standard InChI is InChI=1S/C25H32N2O2/c1-4-27(18-19-10-12-22(13-11-19)24(28)26(2)3)25(29)23-16-14-21(15-17-23)20-8-6-5-7-9-20/h10-17,20H,4-9,18H2,1-3H3. The third-order valence-corrected chi connectivity index (χ3v) is 5.88. The molecular formula is C25H32N2O2. The molecule has 0 unspecified atom stereocenters. The molecule has 0 bridgehead atoms. The topological polar surface area (TPSA) is 40.6 Å². The average molecular weight is 393 g/mol. The van der Waals surface area contributed by atoms with Gasteiger partial charge in [-0.15, -0.1) is 0 Å². The van der Waals surface area contributed by atoms with Crippen molar-refractivity contribution in [2.24, 2.45) is 0 Å². The predicted molar refractivity (Wildman–Crippen MR) is 117 cm³/mol. The third-order valence-electron chi connectivity index (χ3n) is 5.88. The number of carbonyl (C=O) groups excluding carboxylic acids is 2. The fraction of sp³-hybridized carbons (Fsp3) is 0.440. The first-order valence-corrected chi connectivity index (χ1v) is 10.7. The van der Waals surface area contributed by atoms with Crippen molar-refractivity contribution in [1.29, 1.82) is 0 Å². The molecular weight excluding hydrogens is 360 g/mol. The fourth-order valence-corrected chi connectivity index (χ4v) is 4.07. The van der Waals surface area contributed by atoms with Gasteiger partial charge in [-0.05, 0) is 61.1 Å². The van der Waals surface area contributed by atoms with Crippen LogP contribution in [-0.4, -0.2) is 42.3 Å². The lowest BCUT2D eigenvalue weighted by atomic mass is 9.84. The molecule has 0 saturated heterocycles. The van der Waals surface area contributed by atoms with Gasteiger partial charge >= 0.3 is 0 Å². The van der Waals surface area contributed by atoms with Crippen LogP contribution in [0.3, 0.4) is 0 Å². The maximum Gasteiger partial charge on any atom is 0.254 e. The third kappa shape index (κ3) is 5.26. The monoisotopic (exact) mass is 392 g/mol. The van der Waals surface area contributed by atoms with E-state index in [2.05, 4.69) is 12.1 Å². The SMILES string of the molecule is CCN(Cc1ccc(C(=O)N(C)C)cc1)C(=O)c1ccc(C2CCCCC2)cc1. The Labute approximate surface area is 174 Å². The summed E-state index contributed by atoms with van der Waals surface area (Å²) in [6.07, 6.45) is 6.51. The number of benzene rings is 2. The number of amides is 2. The van der Waals surface area contributed by atoms with Crippen molar-refractivity contribution >= 4 is 11.8 Å². The Morgan fingerprint density at radius 1 is 0.828 bits per heavy atom. The summed E-state index contributed by atoms with van der Waals surface area (Å²) in [5.74, 6) is 0.688. The van der Waals surface area contributed by atoms with Crippen molar-refractivity contribution in [2.45, 2.75) is 51.5 Å². The molecule has 2 aromatic rings. The lowest BCUT2D eigenvalue weighted by Gasteiger charge is -2.23. The lowest BCUT2D eigenvalue weighted by molar-refractivity contribution is 0.0751. The normalized spacial score (nSPS) is 14.4. The Morgan fingerprint density at radius 3 is 1.93 bits per heavy atom. The van der Waals surface area contributed by atoms with Gasteiger partial charge in [0.15, 0.2) is 0 Å². The molecule has 2 aromatic carbocycles. The molecule has 1 aliphatic rings. The molecule has 0 atom stereocenters. The van der Waals surface area contributed by atoms with Crippen molar-refractivity contribution in [3.63, 3.8) is 0 Å². The van der Waals surface area contributed by atoms with Gasteiger partial charge in [0, 0.05) is 38.3 Å². The molecule has 1 aliphatic carbocycles. The summed E-state index contributed by atoms with van der Waals surface area (Å²) in [5, 5.41) is 0. The number of carbonyl (C=O) groups is 2. The van der Waals surface area contributed by atoms with Crippen LogP contribution >= 0.6 is 0 Å². The van der Waals surface area contributed by atoms with E-state index in [1.807, 2.05) is 48.2 Å². The highest BCUT2D eigenvalue weighted by Crippen LogP contribution is 2.32. The van der Waals surface area contributed by atoms with E-state index in [1.165, 1.54) is 37.7 Å². The molecule has 0 spiro atoms. The van der Waals surface area contributed by atoms with Gasteiger partial charge in [0.25, 0.3) is 11.8 Å². The molecule has 4 nitrogen and oxygen atoms in total. The van der Waals surface area contributed by atoms with Crippen molar-refractivity contribution in [1.82, 2.24) is 9.80 Å². The van der Waals surface area contributed by atoms with Crippen LogP contribution < -0.4 is 0 Å². The zero-order valence-corrected chi connectivity index (χ0v) is 17.9. The van der Waals surface area contributed by atoms with Crippen LogP contribution in [-0.2, 0) is 6.54 Å². The summed E-state index contributed by atoms with van der Waals surface area (Å²) < 4.78 is 0. The van der Waals surface area contributed by atoms with Crippen molar-refractivity contribution in [2.75, 3.05) is 20.6 Å². The summed E-state index contributed by atoms with van der Waals surface area (Å²) in [7, 11) is 3.49. The van der Waals surface area contributed by atoms with Gasteiger partial charge in [0.05, 0.1) is 0 Å². The molecule has 0 aromatic heterocycles. The molecule has 4 heteroatoms. The first-order valence-electron chi connectivity index (χ1n) is 10.7. The van der Waals surface area contributed by atoms with Gasteiger partial charge in [-0.2, -0.15) is 0 Å². The summed E-state index contributed by atoms with van der Waals surface area (Å²) in [6, 6.07) is 15.8. The number of hydrogen-bond donors (Lipinski definition) is 0. The minimum Gasteiger partial charge on any atom is -0.345 e. The van der Waals surface area contributed by atoms with Crippen LogP contribution in [0.25, 0.3) is 0 Å². The van der Waals surface area contributed by atoms with Gasteiger partial charge in [0.1, 0.15) is 0 Å². The van der Waals surface area contributed by atoms with Crippen LogP contribution in [0.2, 0.25) is 0 Å². The number of rotatable bonds is 6. The molecule has 154 valence electrons. The van der Waals surface area contributed by atoms with Gasteiger partial charge in [-0.1, -0.05) is 43.5 Å². The Bertz CT molecular complexity index is 819. The highest BCUT2D eigenvalue weighted by molar-refractivity contribution is 5.94. The molecule has 2 amide bonds. The number of nitrogens with zero attached hydrogens (tertiary/aromatic N) is 2. The van der Waals surface area contributed by atoms with Crippen LogP contribution in [0.4, 0.5) is 0 Å².